The Morgan fingerprint density at radius 3 is 2.44 bits per heavy atom. The molecule has 1 aromatic rings. The molecule has 1 aliphatic rings. The highest BCUT2D eigenvalue weighted by Crippen LogP contribution is 2.29. The number of carboxylic acids is 1. The van der Waals surface area contributed by atoms with E-state index in [-0.39, 0.29) is 31.8 Å². The van der Waals surface area contributed by atoms with Crippen molar-refractivity contribution in [3.05, 3.63) is 23.8 Å². The molecule has 7 heteroatoms. The van der Waals surface area contributed by atoms with Gasteiger partial charge in [-0.15, -0.1) is 0 Å². The van der Waals surface area contributed by atoms with Crippen LogP contribution < -0.4 is 9.47 Å². The van der Waals surface area contributed by atoms with Gasteiger partial charge < -0.3 is 24.6 Å². The third kappa shape index (κ3) is 4.42. The van der Waals surface area contributed by atoms with Crippen LogP contribution in [0, 0.1) is 5.92 Å². The fourth-order valence-electron chi connectivity index (χ4n) is 2.65. The molecular weight excluding hydrogens is 326 g/mol. The average Bonchev–Trinajstić information content (AvgIpc) is 2.59. The molecule has 25 heavy (non-hydrogen) atoms. The van der Waals surface area contributed by atoms with Crippen LogP contribution in [0.1, 0.15) is 37.0 Å². The summed E-state index contributed by atoms with van der Waals surface area (Å²) in [4.78, 5) is 25.5. The van der Waals surface area contributed by atoms with Gasteiger partial charge in [-0.3, -0.25) is 4.79 Å². The summed E-state index contributed by atoms with van der Waals surface area (Å²) in [5.74, 6) is -0.153. The van der Waals surface area contributed by atoms with Gasteiger partial charge in [0.15, 0.2) is 5.60 Å². The molecule has 1 fully saturated rings. The Kier molecular flexibility index (Phi) is 5.89. The molecular formula is C18H25NO6. The van der Waals surface area contributed by atoms with Gasteiger partial charge in [0.25, 0.3) is 5.91 Å². The molecule has 1 saturated heterocycles. The van der Waals surface area contributed by atoms with Crippen molar-refractivity contribution in [3.8, 4) is 11.5 Å². The van der Waals surface area contributed by atoms with Gasteiger partial charge in [0.2, 0.25) is 0 Å². The molecule has 2 N–H and O–H groups in total. The van der Waals surface area contributed by atoms with Crippen LogP contribution in [-0.2, 0) is 4.79 Å². The lowest BCUT2D eigenvalue weighted by atomic mass is 9.91. The van der Waals surface area contributed by atoms with E-state index in [9.17, 15) is 14.7 Å². The molecule has 138 valence electrons. The quantitative estimate of drug-likeness (QED) is 0.811. The molecule has 0 unspecified atom stereocenters. The SMILES string of the molecule is COc1ccc(C(=O)N2CCC(O)(C(=O)O)CC2)c(OCC(C)C)c1. The first-order valence-electron chi connectivity index (χ1n) is 8.32. The largest absolute Gasteiger partial charge is 0.497 e. The van der Waals surface area contributed by atoms with Crippen LogP contribution in [0.25, 0.3) is 0 Å². The van der Waals surface area contributed by atoms with Crippen molar-refractivity contribution in [3.63, 3.8) is 0 Å². The van der Waals surface area contributed by atoms with E-state index in [4.69, 9.17) is 14.6 Å². The molecule has 2 rings (SSSR count). The summed E-state index contributed by atoms with van der Waals surface area (Å²) < 4.78 is 11.0. The fraction of sp³-hybridized carbons (Fsp3) is 0.556. The number of methoxy groups -OCH3 is 1. The number of carbonyl (C=O) groups is 2. The minimum Gasteiger partial charge on any atom is -0.497 e. The predicted molar refractivity (Wildman–Crippen MR) is 91.1 cm³/mol. The number of carbonyl (C=O) groups excluding carboxylic acids is 1. The number of piperidine rings is 1. The second-order valence-corrected chi connectivity index (χ2v) is 6.70. The van der Waals surface area contributed by atoms with Crippen LogP contribution in [0.15, 0.2) is 18.2 Å². The van der Waals surface area contributed by atoms with E-state index in [0.717, 1.165) is 0 Å². The van der Waals surface area contributed by atoms with E-state index in [1.54, 1.807) is 30.2 Å². The zero-order valence-corrected chi connectivity index (χ0v) is 14.8. The van der Waals surface area contributed by atoms with E-state index in [2.05, 4.69) is 0 Å². The lowest BCUT2D eigenvalue weighted by molar-refractivity contribution is -0.162. The molecule has 0 atom stereocenters. The topological polar surface area (TPSA) is 96.3 Å². The number of ether oxygens (including phenoxy) is 2. The van der Waals surface area contributed by atoms with Crippen LogP contribution in [0.2, 0.25) is 0 Å². The van der Waals surface area contributed by atoms with Gasteiger partial charge in [-0.2, -0.15) is 0 Å². The summed E-state index contributed by atoms with van der Waals surface area (Å²) in [6.07, 6.45) is 0.0127. The van der Waals surface area contributed by atoms with Crippen molar-refractivity contribution in [2.45, 2.75) is 32.3 Å². The Balaban J connectivity index is 2.17. The zero-order valence-electron chi connectivity index (χ0n) is 14.8. The molecule has 7 nitrogen and oxygen atoms in total. The number of carboxylic acid groups (broad SMARTS) is 1. The summed E-state index contributed by atoms with van der Waals surface area (Å²) in [6.45, 7) is 4.85. The number of amides is 1. The molecule has 1 amide bonds. The van der Waals surface area contributed by atoms with E-state index in [1.165, 1.54) is 0 Å². The van der Waals surface area contributed by atoms with E-state index in [0.29, 0.717) is 29.6 Å². The number of rotatable bonds is 6. The van der Waals surface area contributed by atoms with Crippen LogP contribution >= 0.6 is 0 Å². The van der Waals surface area contributed by atoms with Crippen LogP contribution in [0.4, 0.5) is 0 Å². The Hall–Kier alpha value is -2.28. The van der Waals surface area contributed by atoms with Crippen molar-refractivity contribution in [2.75, 3.05) is 26.8 Å². The monoisotopic (exact) mass is 351 g/mol. The third-order valence-electron chi connectivity index (χ3n) is 4.27. The number of aliphatic hydroxyl groups is 1. The van der Waals surface area contributed by atoms with Crippen molar-refractivity contribution in [1.29, 1.82) is 0 Å². The van der Waals surface area contributed by atoms with Crippen molar-refractivity contribution >= 4 is 11.9 Å². The lowest BCUT2D eigenvalue weighted by Gasteiger charge is -2.35. The van der Waals surface area contributed by atoms with Gasteiger partial charge in [-0.05, 0) is 18.1 Å². The summed E-state index contributed by atoms with van der Waals surface area (Å²) in [6, 6.07) is 5.01. The minimum atomic E-state index is -1.76. The number of likely N-dealkylation sites (tertiary alicyclic amines) is 1. The first-order chi connectivity index (χ1) is 11.8. The molecule has 0 aliphatic carbocycles. The standard InChI is InChI=1S/C18H25NO6/c1-12(2)11-25-15-10-13(24-3)4-5-14(15)16(20)19-8-6-18(23,7-9-19)17(21)22/h4-5,10,12,23H,6-9,11H2,1-3H3,(H,21,22). The summed E-state index contributed by atoms with van der Waals surface area (Å²) >= 11 is 0. The molecule has 0 radical (unpaired) electrons. The van der Waals surface area contributed by atoms with E-state index in [1.807, 2.05) is 13.8 Å². The molecule has 0 saturated carbocycles. The van der Waals surface area contributed by atoms with E-state index < -0.39 is 11.6 Å². The van der Waals surface area contributed by atoms with Crippen LogP contribution in [0.5, 0.6) is 11.5 Å². The highest BCUT2D eigenvalue weighted by Gasteiger charge is 2.40. The maximum Gasteiger partial charge on any atom is 0.335 e. The second-order valence-electron chi connectivity index (χ2n) is 6.70. The number of benzene rings is 1. The third-order valence-corrected chi connectivity index (χ3v) is 4.27. The lowest BCUT2D eigenvalue weighted by Crippen LogP contribution is -2.50. The number of aliphatic carboxylic acids is 1. The number of hydrogen-bond acceptors (Lipinski definition) is 5. The van der Waals surface area contributed by atoms with Gasteiger partial charge in [0.05, 0.1) is 19.3 Å². The minimum absolute atomic E-state index is 0.00636. The van der Waals surface area contributed by atoms with Crippen molar-refractivity contribution in [2.24, 2.45) is 5.92 Å². The van der Waals surface area contributed by atoms with Gasteiger partial charge in [-0.1, -0.05) is 13.8 Å². The van der Waals surface area contributed by atoms with Gasteiger partial charge >= 0.3 is 5.97 Å². The van der Waals surface area contributed by atoms with Gasteiger partial charge in [0.1, 0.15) is 11.5 Å². The predicted octanol–water partition coefficient (Wildman–Crippen LogP) is 1.78. The Morgan fingerprint density at radius 2 is 1.92 bits per heavy atom. The average molecular weight is 351 g/mol. The van der Waals surface area contributed by atoms with E-state index >= 15 is 0 Å². The Morgan fingerprint density at radius 1 is 1.28 bits per heavy atom. The summed E-state index contributed by atoms with van der Waals surface area (Å²) in [7, 11) is 1.54. The highest BCUT2D eigenvalue weighted by atomic mass is 16.5. The normalized spacial score (nSPS) is 16.6. The molecule has 1 aromatic carbocycles. The molecule has 1 aliphatic heterocycles. The number of hydrogen-bond donors (Lipinski definition) is 2. The smallest absolute Gasteiger partial charge is 0.335 e. The molecule has 1 heterocycles. The first-order valence-corrected chi connectivity index (χ1v) is 8.32. The summed E-state index contributed by atoms with van der Waals surface area (Å²) in [5.41, 5.74) is -1.35. The van der Waals surface area contributed by atoms with Crippen molar-refractivity contribution < 1.29 is 29.3 Å². The molecule has 0 aromatic heterocycles. The maximum atomic E-state index is 12.8. The van der Waals surface area contributed by atoms with Crippen LogP contribution in [0.3, 0.4) is 0 Å². The van der Waals surface area contributed by atoms with Crippen LogP contribution in [-0.4, -0.2) is 59.4 Å². The highest BCUT2D eigenvalue weighted by molar-refractivity contribution is 5.97. The Bertz CT molecular complexity index is 634. The Labute approximate surface area is 147 Å². The first kappa shape index (κ1) is 19.1. The van der Waals surface area contributed by atoms with Crippen molar-refractivity contribution in [1.82, 2.24) is 4.90 Å². The zero-order chi connectivity index (χ0) is 18.6. The molecule has 0 spiro atoms. The fourth-order valence-corrected chi connectivity index (χ4v) is 2.65. The molecule has 0 bridgehead atoms. The summed E-state index contributed by atoms with van der Waals surface area (Å²) in [5, 5.41) is 19.1. The number of nitrogens with zero attached hydrogens (tertiary/aromatic N) is 1. The second kappa shape index (κ2) is 7.74. The van der Waals surface area contributed by atoms with Gasteiger partial charge in [-0.25, -0.2) is 4.79 Å². The van der Waals surface area contributed by atoms with Gasteiger partial charge in [0, 0.05) is 32.0 Å². The maximum absolute atomic E-state index is 12.8.